The highest BCUT2D eigenvalue weighted by Gasteiger charge is 2.42. The number of methoxy groups -OCH3 is 2. The molecule has 0 radical (unpaired) electrons. The summed E-state index contributed by atoms with van der Waals surface area (Å²) in [6.07, 6.45) is 9.89. The van der Waals surface area contributed by atoms with Crippen LogP contribution in [0.4, 0.5) is 0 Å². The molecule has 0 atom stereocenters. The van der Waals surface area contributed by atoms with Crippen LogP contribution in [0.2, 0.25) is 0 Å². The monoisotopic (exact) mass is 422 g/mol. The zero-order valence-corrected chi connectivity index (χ0v) is 18.0. The minimum atomic E-state index is -3.51. The second kappa shape index (κ2) is 11.1. The molecule has 0 heterocycles. The van der Waals surface area contributed by atoms with Gasteiger partial charge in [-0.25, -0.2) is 0 Å². The molecular weight excluding hydrogens is 388 g/mol. The van der Waals surface area contributed by atoms with Gasteiger partial charge in [0.05, 0.1) is 44.5 Å². The molecule has 2 fully saturated rings. The van der Waals surface area contributed by atoms with E-state index in [4.69, 9.17) is 14.0 Å². The van der Waals surface area contributed by atoms with E-state index in [0.717, 1.165) is 51.2 Å². The molecule has 0 aromatic heterocycles. The van der Waals surface area contributed by atoms with E-state index in [0.29, 0.717) is 12.8 Å². The molecule has 9 heteroatoms. The normalized spacial score (nSPS) is 21.0. The van der Waals surface area contributed by atoms with Crippen molar-refractivity contribution in [2.24, 2.45) is 10.8 Å². The van der Waals surface area contributed by atoms with Crippen LogP contribution in [0, 0.1) is 10.8 Å². The zero-order chi connectivity index (χ0) is 21.3. The molecule has 0 aromatic rings. The Kier molecular flexibility index (Phi) is 9.86. The molecule has 2 aliphatic rings. The van der Waals surface area contributed by atoms with E-state index >= 15 is 0 Å². The first kappa shape index (κ1) is 24.8. The lowest BCUT2D eigenvalue weighted by Crippen LogP contribution is -2.39. The minimum absolute atomic E-state index is 0.0698. The van der Waals surface area contributed by atoms with Crippen molar-refractivity contribution in [1.82, 2.24) is 0 Å². The maximum Gasteiger partial charge on any atom is 0.314 e. The summed E-state index contributed by atoms with van der Waals surface area (Å²) in [4.78, 5) is 23.0. The van der Waals surface area contributed by atoms with Gasteiger partial charge in [0.1, 0.15) is 0 Å². The number of aliphatic hydroxyl groups excluding tert-OH is 1. The summed E-state index contributed by atoms with van der Waals surface area (Å²) < 4.78 is 36.1. The molecule has 0 spiro atoms. The predicted octanol–water partition coefficient (Wildman–Crippen LogP) is 2.19. The Morgan fingerprint density at radius 1 is 0.821 bits per heavy atom. The zero-order valence-electron chi connectivity index (χ0n) is 17.2. The third-order valence-corrected chi connectivity index (χ3v) is 6.26. The van der Waals surface area contributed by atoms with Crippen molar-refractivity contribution < 1.29 is 36.8 Å². The van der Waals surface area contributed by atoms with Crippen molar-refractivity contribution in [1.29, 1.82) is 0 Å². The van der Waals surface area contributed by atoms with Gasteiger partial charge in [-0.2, -0.15) is 8.42 Å². The van der Waals surface area contributed by atoms with Crippen molar-refractivity contribution in [3.8, 4) is 0 Å². The summed E-state index contributed by atoms with van der Waals surface area (Å²) in [5.74, 6) is -0.611. The number of aliphatic hydroxyl groups is 1. The lowest BCUT2D eigenvalue weighted by Gasteiger charge is -2.33. The van der Waals surface area contributed by atoms with Crippen molar-refractivity contribution in [3.63, 3.8) is 0 Å². The quantitative estimate of drug-likeness (QED) is 0.511. The van der Waals surface area contributed by atoms with Crippen LogP contribution in [0.15, 0.2) is 0 Å². The predicted molar refractivity (Wildman–Crippen MR) is 103 cm³/mol. The number of carbonyl (C=O) groups excluding carboxylic acids is 2. The van der Waals surface area contributed by atoms with E-state index in [-0.39, 0.29) is 25.2 Å². The van der Waals surface area contributed by atoms with Gasteiger partial charge in [-0.1, -0.05) is 38.5 Å². The highest BCUT2D eigenvalue weighted by molar-refractivity contribution is 7.85. The Morgan fingerprint density at radius 2 is 1.21 bits per heavy atom. The molecule has 0 aliphatic heterocycles. The van der Waals surface area contributed by atoms with Gasteiger partial charge < -0.3 is 14.6 Å². The standard InChI is InChI=1S/C10H18O5S.C9H16O3/c1-14-9(11)10(6-4-3-5-7-10)8-15-16(2,12)13;1-12-8(11)9(7-10)5-3-2-4-6-9/h3-8H2,1-2H3;10H,2-7H2,1H3. The van der Waals surface area contributed by atoms with Crippen LogP contribution in [0.25, 0.3) is 0 Å². The number of rotatable bonds is 6. The van der Waals surface area contributed by atoms with Crippen LogP contribution >= 0.6 is 0 Å². The van der Waals surface area contributed by atoms with Gasteiger partial charge >= 0.3 is 11.9 Å². The summed E-state index contributed by atoms with van der Waals surface area (Å²) in [7, 11) is -0.809. The number of esters is 2. The Hall–Kier alpha value is -1.19. The molecule has 0 saturated heterocycles. The van der Waals surface area contributed by atoms with E-state index < -0.39 is 20.9 Å². The van der Waals surface area contributed by atoms with Crippen molar-refractivity contribution in [2.75, 3.05) is 33.7 Å². The van der Waals surface area contributed by atoms with Crippen LogP contribution < -0.4 is 0 Å². The first-order valence-electron chi connectivity index (χ1n) is 9.77. The van der Waals surface area contributed by atoms with Crippen LogP contribution in [0.1, 0.15) is 64.2 Å². The van der Waals surface area contributed by atoms with E-state index in [9.17, 15) is 18.0 Å². The third kappa shape index (κ3) is 7.00. The van der Waals surface area contributed by atoms with Gasteiger partial charge in [-0.3, -0.25) is 13.8 Å². The van der Waals surface area contributed by atoms with Gasteiger partial charge in [0.2, 0.25) is 0 Å². The summed E-state index contributed by atoms with van der Waals surface area (Å²) in [5.41, 5.74) is -1.34. The largest absolute Gasteiger partial charge is 0.469 e. The van der Waals surface area contributed by atoms with Gasteiger partial charge in [-0.15, -0.1) is 0 Å². The average molecular weight is 423 g/mol. The second-order valence-corrected chi connectivity index (χ2v) is 9.43. The SMILES string of the molecule is COC(=O)C1(CO)CCCCC1.COC(=O)C1(COS(C)(=O)=O)CCCCC1. The van der Waals surface area contributed by atoms with Crippen LogP contribution in [0.3, 0.4) is 0 Å². The molecule has 2 aliphatic carbocycles. The second-order valence-electron chi connectivity index (χ2n) is 7.79. The summed E-state index contributed by atoms with van der Waals surface area (Å²) in [6, 6.07) is 0. The molecule has 2 rings (SSSR count). The third-order valence-electron chi connectivity index (χ3n) is 5.71. The van der Waals surface area contributed by atoms with Gasteiger partial charge in [0.25, 0.3) is 10.1 Å². The fraction of sp³-hybridized carbons (Fsp3) is 0.895. The van der Waals surface area contributed by atoms with Crippen molar-refractivity contribution in [2.45, 2.75) is 64.2 Å². The fourth-order valence-electron chi connectivity index (χ4n) is 3.94. The Morgan fingerprint density at radius 3 is 1.57 bits per heavy atom. The summed E-state index contributed by atoms with van der Waals surface area (Å²) >= 11 is 0. The minimum Gasteiger partial charge on any atom is -0.469 e. The number of hydrogen-bond donors (Lipinski definition) is 1. The average Bonchev–Trinajstić information content (AvgIpc) is 2.72. The highest BCUT2D eigenvalue weighted by Crippen LogP contribution is 2.38. The molecule has 28 heavy (non-hydrogen) atoms. The van der Waals surface area contributed by atoms with E-state index in [1.54, 1.807) is 0 Å². The van der Waals surface area contributed by atoms with E-state index in [1.807, 2.05) is 0 Å². The molecular formula is C19H34O8S. The lowest BCUT2D eigenvalue weighted by molar-refractivity contribution is -0.158. The maximum absolute atomic E-state index is 11.7. The Labute approximate surface area is 168 Å². The molecule has 8 nitrogen and oxygen atoms in total. The topological polar surface area (TPSA) is 116 Å². The van der Waals surface area contributed by atoms with Crippen molar-refractivity contribution in [3.05, 3.63) is 0 Å². The molecule has 0 aromatic carbocycles. The first-order chi connectivity index (χ1) is 13.1. The van der Waals surface area contributed by atoms with E-state index in [2.05, 4.69) is 4.74 Å². The highest BCUT2D eigenvalue weighted by atomic mass is 32.2. The van der Waals surface area contributed by atoms with Crippen LogP contribution in [0.5, 0.6) is 0 Å². The van der Waals surface area contributed by atoms with Crippen LogP contribution in [-0.2, 0) is 33.4 Å². The van der Waals surface area contributed by atoms with E-state index in [1.165, 1.54) is 20.6 Å². The van der Waals surface area contributed by atoms with Crippen molar-refractivity contribution >= 4 is 22.1 Å². The first-order valence-corrected chi connectivity index (χ1v) is 11.6. The van der Waals surface area contributed by atoms with Gasteiger partial charge in [0.15, 0.2) is 0 Å². The molecule has 1 N–H and O–H groups in total. The van der Waals surface area contributed by atoms with Gasteiger partial charge in [0, 0.05) is 0 Å². The number of hydrogen-bond acceptors (Lipinski definition) is 8. The molecule has 0 unspecified atom stereocenters. The summed E-state index contributed by atoms with van der Waals surface area (Å²) in [5, 5.41) is 9.14. The molecule has 0 amide bonds. The fourth-order valence-corrected chi connectivity index (χ4v) is 4.38. The number of ether oxygens (including phenoxy) is 2. The number of carbonyl (C=O) groups is 2. The molecule has 164 valence electrons. The van der Waals surface area contributed by atoms with Gasteiger partial charge in [-0.05, 0) is 25.7 Å². The lowest BCUT2D eigenvalue weighted by atomic mass is 9.75. The summed E-state index contributed by atoms with van der Waals surface area (Å²) in [6.45, 7) is -0.168. The van der Waals surface area contributed by atoms with Crippen LogP contribution in [-0.4, -0.2) is 59.2 Å². The Bertz CT molecular complexity index is 601. The Balaban J connectivity index is 0.000000292. The molecule has 0 bridgehead atoms. The maximum atomic E-state index is 11.7. The smallest absolute Gasteiger partial charge is 0.314 e. The molecule has 2 saturated carbocycles.